The summed E-state index contributed by atoms with van der Waals surface area (Å²) in [6.45, 7) is -0.244. The highest BCUT2D eigenvalue weighted by Crippen LogP contribution is 2.35. The molecule has 0 unspecified atom stereocenters. The summed E-state index contributed by atoms with van der Waals surface area (Å²) in [5.41, 5.74) is 1.94. The monoisotopic (exact) mass is 734 g/mol. The molecular formula is C33H24ClIN4O6. The molecule has 12 heteroatoms. The first-order chi connectivity index (χ1) is 21.8. The Labute approximate surface area is 275 Å². The minimum absolute atomic E-state index is 0.224. The van der Waals surface area contributed by atoms with E-state index in [1.807, 2.05) is 24.3 Å². The van der Waals surface area contributed by atoms with Crippen LogP contribution in [-0.4, -0.2) is 42.6 Å². The van der Waals surface area contributed by atoms with Gasteiger partial charge in [-0.05, 0) is 94.9 Å². The Morgan fingerprint density at radius 3 is 2.56 bits per heavy atom. The third-order valence-corrected chi connectivity index (χ3v) is 7.82. The van der Waals surface area contributed by atoms with Gasteiger partial charge in [0.25, 0.3) is 11.5 Å². The summed E-state index contributed by atoms with van der Waals surface area (Å²) in [5, 5.41) is 9.01. The number of hydrogen-bond acceptors (Lipinski definition) is 8. The molecule has 2 heterocycles. The maximum atomic E-state index is 13.7. The molecule has 2 aromatic heterocycles. The molecule has 10 nitrogen and oxygen atoms in total. The molecule has 0 fully saturated rings. The SMILES string of the molecule is COc1cc(C=Nn2c(-c3cc4c(OC)cccc4o3)nc3ccccc3c2=O)cc(I)c1OCC(=O)Nc1ccc(Cl)cc1. The fourth-order valence-electron chi connectivity index (χ4n) is 4.66. The average Bonchev–Trinajstić information content (AvgIpc) is 3.49. The van der Waals surface area contributed by atoms with Crippen LogP contribution in [0.25, 0.3) is 33.5 Å². The predicted octanol–water partition coefficient (Wildman–Crippen LogP) is 6.98. The van der Waals surface area contributed by atoms with Crippen LogP contribution in [0.5, 0.6) is 17.2 Å². The minimum atomic E-state index is -0.368. The zero-order chi connectivity index (χ0) is 31.5. The molecule has 0 saturated carbocycles. The van der Waals surface area contributed by atoms with Gasteiger partial charge in [0, 0.05) is 10.7 Å². The van der Waals surface area contributed by atoms with Gasteiger partial charge in [0.1, 0.15) is 11.3 Å². The molecule has 6 aromatic rings. The number of hydrogen-bond donors (Lipinski definition) is 1. The number of nitrogens with zero attached hydrogens (tertiary/aromatic N) is 3. The van der Waals surface area contributed by atoms with Crippen molar-refractivity contribution >= 4 is 73.9 Å². The number of methoxy groups -OCH3 is 2. The first kappa shape index (κ1) is 30.2. The van der Waals surface area contributed by atoms with Crippen molar-refractivity contribution in [1.29, 1.82) is 0 Å². The molecule has 6 rings (SSSR count). The lowest BCUT2D eigenvalue weighted by Crippen LogP contribution is -2.20. The number of aromatic nitrogens is 2. The number of rotatable bonds is 9. The van der Waals surface area contributed by atoms with Gasteiger partial charge in [-0.25, -0.2) is 4.98 Å². The summed E-state index contributed by atoms with van der Waals surface area (Å²) < 4.78 is 24.8. The number of fused-ring (bicyclic) bond motifs is 2. The van der Waals surface area contributed by atoms with Crippen molar-refractivity contribution in [2.75, 3.05) is 26.1 Å². The zero-order valence-corrected chi connectivity index (χ0v) is 26.8. The van der Waals surface area contributed by atoms with Crippen molar-refractivity contribution in [3.63, 3.8) is 0 Å². The smallest absolute Gasteiger partial charge is 0.282 e. The predicted molar refractivity (Wildman–Crippen MR) is 182 cm³/mol. The van der Waals surface area contributed by atoms with Crippen LogP contribution in [0.1, 0.15) is 5.56 Å². The Morgan fingerprint density at radius 2 is 1.78 bits per heavy atom. The molecule has 45 heavy (non-hydrogen) atoms. The molecule has 0 bridgehead atoms. The van der Waals surface area contributed by atoms with E-state index >= 15 is 0 Å². The summed E-state index contributed by atoms with van der Waals surface area (Å²) in [5.74, 6) is 1.63. The van der Waals surface area contributed by atoms with Crippen LogP contribution in [0, 0.1) is 3.57 Å². The van der Waals surface area contributed by atoms with E-state index in [9.17, 15) is 9.59 Å². The van der Waals surface area contributed by atoms with E-state index < -0.39 is 0 Å². The first-order valence-corrected chi connectivity index (χ1v) is 15.0. The topological polar surface area (TPSA) is 117 Å². The number of nitrogens with one attached hydrogen (secondary N) is 1. The van der Waals surface area contributed by atoms with E-state index in [1.165, 1.54) is 18.0 Å². The maximum Gasteiger partial charge on any atom is 0.282 e. The van der Waals surface area contributed by atoms with Crippen LogP contribution >= 0.6 is 34.2 Å². The van der Waals surface area contributed by atoms with Gasteiger partial charge in [0.05, 0.1) is 40.3 Å². The number of furan rings is 1. The fourth-order valence-corrected chi connectivity index (χ4v) is 5.57. The Balaban J connectivity index is 1.32. The van der Waals surface area contributed by atoms with Crippen LogP contribution in [0.3, 0.4) is 0 Å². The van der Waals surface area contributed by atoms with Crippen molar-refractivity contribution in [1.82, 2.24) is 9.66 Å². The number of para-hydroxylation sites is 1. The van der Waals surface area contributed by atoms with Crippen LogP contribution in [0.15, 0.2) is 99.2 Å². The largest absolute Gasteiger partial charge is 0.496 e. The molecule has 0 radical (unpaired) electrons. The Bertz CT molecular complexity index is 2140. The molecule has 0 saturated heterocycles. The quantitative estimate of drug-likeness (QED) is 0.126. The number of amides is 1. The van der Waals surface area contributed by atoms with E-state index in [2.05, 4.69) is 33.0 Å². The van der Waals surface area contributed by atoms with Crippen molar-refractivity contribution < 1.29 is 23.4 Å². The van der Waals surface area contributed by atoms with Gasteiger partial charge in [0.15, 0.2) is 23.9 Å². The third-order valence-electron chi connectivity index (χ3n) is 6.77. The number of halogens is 2. The van der Waals surface area contributed by atoms with E-state index in [-0.39, 0.29) is 23.9 Å². The Hall–Kier alpha value is -4.88. The lowest BCUT2D eigenvalue weighted by molar-refractivity contribution is -0.118. The number of benzene rings is 4. The van der Waals surface area contributed by atoms with Gasteiger partial charge in [-0.1, -0.05) is 29.8 Å². The summed E-state index contributed by atoms with van der Waals surface area (Å²) >= 11 is 8.00. The Morgan fingerprint density at radius 1 is 1.00 bits per heavy atom. The van der Waals surface area contributed by atoms with Crippen molar-refractivity contribution in [2.24, 2.45) is 5.10 Å². The van der Waals surface area contributed by atoms with Gasteiger partial charge in [-0.3, -0.25) is 9.59 Å². The van der Waals surface area contributed by atoms with Crippen LogP contribution < -0.4 is 25.1 Å². The average molecular weight is 735 g/mol. The summed E-state index contributed by atoms with van der Waals surface area (Å²) in [7, 11) is 3.08. The highest BCUT2D eigenvalue weighted by molar-refractivity contribution is 14.1. The van der Waals surface area contributed by atoms with Crippen LogP contribution in [0.4, 0.5) is 5.69 Å². The molecule has 226 valence electrons. The number of anilines is 1. The second-order valence-electron chi connectivity index (χ2n) is 9.67. The van der Waals surface area contributed by atoms with Gasteiger partial charge < -0.3 is 23.9 Å². The van der Waals surface area contributed by atoms with Crippen molar-refractivity contribution in [2.45, 2.75) is 0 Å². The van der Waals surface area contributed by atoms with Crippen LogP contribution in [-0.2, 0) is 4.79 Å². The lowest BCUT2D eigenvalue weighted by Gasteiger charge is -2.14. The number of carbonyl (C=O) groups is 1. The molecule has 1 amide bonds. The van der Waals surface area contributed by atoms with Crippen molar-refractivity contribution in [3.8, 4) is 28.8 Å². The molecular weight excluding hydrogens is 711 g/mol. The molecule has 0 aliphatic rings. The van der Waals surface area contributed by atoms with Crippen molar-refractivity contribution in [3.05, 3.63) is 109 Å². The molecule has 0 aliphatic heterocycles. The third kappa shape index (κ3) is 6.35. The molecule has 0 atom stereocenters. The summed E-state index contributed by atoms with van der Waals surface area (Å²) in [6, 6.07) is 24.5. The first-order valence-electron chi connectivity index (χ1n) is 13.5. The number of ether oxygens (including phenoxy) is 3. The molecule has 0 aliphatic carbocycles. The molecule has 1 N–H and O–H groups in total. The fraction of sp³-hybridized carbons (Fsp3) is 0.0909. The summed E-state index contributed by atoms with van der Waals surface area (Å²) in [6.07, 6.45) is 1.52. The highest BCUT2D eigenvalue weighted by Gasteiger charge is 2.18. The lowest BCUT2D eigenvalue weighted by atomic mass is 10.2. The normalized spacial score (nSPS) is 11.3. The highest BCUT2D eigenvalue weighted by atomic mass is 127. The van der Waals surface area contributed by atoms with Gasteiger partial charge in [-0.15, -0.1) is 0 Å². The summed E-state index contributed by atoms with van der Waals surface area (Å²) in [4.78, 5) is 30.9. The zero-order valence-electron chi connectivity index (χ0n) is 23.9. The molecule has 0 spiro atoms. The minimum Gasteiger partial charge on any atom is -0.496 e. The van der Waals surface area contributed by atoms with E-state index in [0.29, 0.717) is 59.3 Å². The maximum absolute atomic E-state index is 13.7. The number of carbonyl (C=O) groups excluding carboxylic acids is 1. The van der Waals surface area contributed by atoms with E-state index in [1.54, 1.807) is 67.8 Å². The van der Waals surface area contributed by atoms with Gasteiger partial charge >= 0.3 is 0 Å². The van der Waals surface area contributed by atoms with Gasteiger partial charge in [0.2, 0.25) is 5.82 Å². The standard InChI is InChI=1S/C33H24ClIN4O6/c1-42-26-8-5-9-27-23(26)16-29(45-27)32-38-25-7-4-3-6-22(25)33(41)39(32)36-17-19-14-24(35)31(28(15-19)43-2)44-18-30(40)37-21-12-10-20(34)11-13-21/h3-17H,18H2,1-2H3,(H,37,40). The second-order valence-corrected chi connectivity index (χ2v) is 11.3. The van der Waals surface area contributed by atoms with E-state index in [0.717, 1.165) is 5.39 Å². The molecule has 4 aromatic carbocycles. The Kier molecular flexibility index (Phi) is 8.71. The van der Waals surface area contributed by atoms with Gasteiger partial charge in [-0.2, -0.15) is 9.78 Å². The second kappa shape index (κ2) is 13.0. The van der Waals surface area contributed by atoms with Crippen LogP contribution in [0.2, 0.25) is 5.02 Å². The van der Waals surface area contributed by atoms with E-state index in [4.69, 9.17) is 35.2 Å².